The molecule has 48 heavy (non-hydrogen) atoms. The lowest BCUT2D eigenvalue weighted by Crippen LogP contribution is -2.28. The normalized spacial score (nSPS) is 12.5. The second-order valence-corrected chi connectivity index (χ2v) is 13.7. The fourth-order valence-electron chi connectivity index (χ4n) is 5.86. The van der Waals surface area contributed by atoms with Gasteiger partial charge >= 0.3 is 11.9 Å². The van der Waals surface area contributed by atoms with Gasteiger partial charge in [0, 0.05) is 12.8 Å². The molecule has 0 aromatic heterocycles. The van der Waals surface area contributed by atoms with Gasteiger partial charge in [0.05, 0.1) is 6.61 Å². The molecule has 5 heteroatoms. The molecule has 280 valence electrons. The lowest BCUT2D eigenvalue weighted by molar-refractivity contribution is -0.161. The first-order valence-electron chi connectivity index (χ1n) is 20.5. The monoisotopic (exact) mass is 675 g/mol. The minimum absolute atomic E-state index is 0.0722. The highest BCUT2D eigenvalue weighted by molar-refractivity contribution is 5.70. The van der Waals surface area contributed by atoms with Gasteiger partial charge in [-0.2, -0.15) is 0 Å². The Morgan fingerprint density at radius 2 is 0.896 bits per heavy atom. The van der Waals surface area contributed by atoms with Gasteiger partial charge in [0.15, 0.2) is 6.10 Å². The maximum Gasteiger partial charge on any atom is 0.306 e. The lowest BCUT2D eigenvalue weighted by Gasteiger charge is -2.15. The van der Waals surface area contributed by atoms with Crippen LogP contribution in [-0.2, 0) is 19.1 Å². The van der Waals surface area contributed by atoms with E-state index in [1.807, 2.05) is 0 Å². The Bertz CT molecular complexity index is 771. The summed E-state index contributed by atoms with van der Waals surface area (Å²) in [7, 11) is 0. The zero-order valence-electron chi connectivity index (χ0n) is 31.7. The van der Waals surface area contributed by atoms with Crippen LogP contribution in [0.15, 0.2) is 36.5 Å². The Kier molecular flexibility index (Phi) is 38.0. The number of esters is 2. The molecule has 0 bridgehead atoms. The van der Waals surface area contributed by atoms with E-state index in [4.69, 9.17) is 9.47 Å². The minimum atomic E-state index is -0.775. The molecular formula is C43H78O5. The summed E-state index contributed by atoms with van der Waals surface area (Å²) < 4.78 is 10.6. The van der Waals surface area contributed by atoms with Crippen molar-refractivity contribution in [2.45, 2.75) is 213 Å². The topological polar surface area (TPSA) is 72.8 Å². The summed E-state index contributed by atoms with van der Waals surface area (Å²) in [5.41, 5.74) is 0. The highest BCUT2D eigenvalue weighted by atomic mass is 16.6. The molecule has 0 rings (SSSR count). The molecule has 0 radical (unpaired) electrons. The molecule has 0 unspecified atom stereocenters. The third kappa shape index (κ3) is 36.9. The van der Waals surface area contributed by atoms with Crippen molar-refractivity contribution in [2.75, 3.05) is 13.2 Å². The second kappa shape index (κ2) is 39.6. The van der Waals surface area contributed by atoms with Crippen LogP contribution in [-0.4, -0.2) is 36.4 Å². The number of aliphatic hydroxyl groups is 1. The Hall–Kier alpha value is -1.88. The van der Waals surface area contributed by atoms with Crippen LogP contribution < -0.4 is 0 Å². The van der Waals surface area contributed by atoms with Crippen molar-refractivity contribution in [3.63, 3.8) is 0 Å². The third-order valence-corrected chi connectivity index (χ3v) is 8.95. The molecule has 0 saturated heterocycles. The van der Waals surface area contributed by atoms with E-state index in [0.29, 0.717) is 12.8 Å². The van der Waals surface area contributed by atoms with Crippen molar-refractivity contribution in [3.05, 3.63) is 36.5 Å². The molecule has 0 aliphatic rings. The minimum Gasteiger partial charge on any atom is -0.462 e. The molecule has 0 aromatic carbocycles. The van der Waals surface area contributed by atoms with E-state index in [0.717, 1.165) is 64.2 Å². The van der Waals surface area contributed by atoms with Crippen molar-refractivity contribution >= 4 is 11.9 Å². The van der Waals surface area contributed by atoms with Crippen molar-refractivity contribution in [2.24, 2.45) is 0 Å². The summed E-state index contributed by atoms with van der Waals surface area (Å²) in [5, 5.41) is 9.56. The van der Waals surface area contributed by atoms with E-state index in [2.05, 4.69) is 50.3 Å². The number of hydrogen-bond acceptors (Lipinski definition) is 5. The maximum atomic E-state index is 12.2. The Morgan fingerprint density at radius 1 is 0.500 bits per heavy atom. The van der Waals surface area contributed by atoms with Gasteiger partial charge in [0.1, 0.15) is 6.61 Å². The van der Waals surface area contributed by atoms with Gasteiger partial charge in [-0.05, 0) is 44.9 Å². The summed E-state index contributed by atoms with van der Waals surface area (Å²) in [6, 6.07) is 0. The first-order valence-corrected chi connectivity index (χ1v) is 20.5. The quantitative estimate of drug-likeness (QED) is 0.0403. The molecule has 0 aliphatic heterocycles. The molecule has 0 saturated carbocycles. The first-order chi connectivity index (χ1) is 23.6. The van der Waals surface area contributed by atoms with Gasteiger partial charge in [-0.3, -0.25) is 9.59 Å². The van der Waals surface area contributed by atoms with E-state index in [1.165, 1.54) is 116 Å². The van der Waals surface area contributed by atoms with Crippen LogP contribution in [0.3, 0.4) is 0 Å². The summed E-state index contributed by atoms with van der Waals surface area (Å²) in [6.45, 7) is 4.02. The van der Waals surface area contributed by atoms with Crippen LogP contribution in [0.25, 0.3) is 0 Å². The van der Waals surface area contributed by atoms with Gasteiger partial charge < -0.3 is 14.6 Å². The van der Waals surface area contributed by atoms with E-state index in [-0.39, 0.29) is 25.2 Å². The number of aliphatic hydroxyl groups excluding tert-OH is 1. The number of ether oxygens (including phenoxy) is 2. The Morgan fingerprint density at radius 3 is 1.35 bits per heavy atom. The fourth-order valence-corrected chi connectivity index (χ4v) is 5.86. The second-order valence-electron chi connectivity index (χ2n) is 13.7. The molecule has 0 spiro atoms. The third-order valence-electron chi connectivity index (χ3n) is 8.95. The zero-order chi connectivity index (χ0) is 35.0. The summed E-state index contributed by atoms with van der Waals surface area (Å²) >= 11 is 0. The van der Waals surface area contributed by atoms with Crippen LogP contribution in [0.4, 0.5) is 0 Å². The van der Waals surface area contributed by atoms with Crippen molar-refractivity contribution in [3.8, 4) is 0 Å². The molecule has 0 aliphatic carbocycles. The highest BCUT2D eigenvalue weighted by Gasteiger charge is 2.16. The molecule has 0 aromatic rings. The van der Waals surface area contributed by atoms with Gasteiger partial charge in [-0.15, -0.1) is 0 Å². The summed E-state index contributed by atoms with van der Waals surface area (Å²) in [5.74, 6) is -0.604. The maximum absolute atomic E-state index is 12.2. The van der Waals surface area contributed by atoms with Crippen molar-refractivity contribution in [1.29, 1.82) is 0 Å². The Labute approximate surface area is 297 Å². The number of carbonyl (C=O) groups excluding carboxylic acids is 2. The number of carbonyl (C=O) groups is 2. The predicted octanol–water partition coefficient (Wildman–Crippen LogP) is 12.8. The number of allylic oxidation sites excluding steroid dienone is 6. The number of unbranched alkanes of at least 4 members (excludes halogenated alkanes) is 23. The Balaban J connectivity index is 3.53. The van der Waals surface area contributed by atoms with Crippen LogP contribution >= 0.6 is 0 Å². The van der Waals surface area contributed by atoms with Crippen LogP contribution in [0.5, 0.6) is 0 Å². The van der Waals surface area contributed by atoms with E-state index < -0.39 is 6.10 Å². The number of rotatable bonds is 37. The van der Waals surface area contributed by atoms with Crippen LogP contribution in [0.2, 0.25) is 0 Å². The van der Waals surface area contributed by atoms with Crippen LogP contribution in [0.1, 0.15) is 206 Å². The smallest absolute Gasteiger partial charge is 0.306 e. The van der Waals surface area contributed by atoms with Crippen molar-refractivity contribution < 1.29 is 24.2 Å². The zero-order valence-corrected chi connectivity index (χ0v) is 31.7. The van der Waals surface area contributed by atoms with Gasteiger partial charge in [0.2, 0.25) is 0 Å². The molecule has 0 heterocycles. The average molecular weight is 675 g/mol. The molecule has 5 nitrogen and oxygen atoms in total. The number of hydrogen-bond donors (Lipinski definition) is 1. The average Bonchev–Trinajstić information content (AvgIpc) is 3.09. The molecule has 0 fully saturated rings. The predicted molar refractivity (Wildman–Crippen MR) is 205 cm³/mol. The lowest BCUT2D eigenvalue weighted by atomic mass is 10.0. The first kappa shape index (κ1) is 46.1. The highest BCUT2D eigenvalue weighted by Crippen LogP contribution is 2.15. The molecule has 1 N–H and O–H groups in total. The standard InChI is InChI=1S/C43H78O5/c1-3-5-7-9-11-13-15-17-19-20-21-22-24-26-28-30-32-34-36-38-43(46)48-41(39-44)40-47-42(45)37-35-33-31-29-27-25-23-18-16-14-12-10-8-6-4-2/h6,8,12,14,18,23,41,44H,3-5,7,9-11,13,15-17,19-22,24-40H2,1-2H3/b8-6-,14-12-,23-18-/t41-/m0/s1. The van der Waals surface area contributed by atoms with Crippen LogP contribution in [0, 0.1) is 0 Å². The molecule has 1 atom stereocenters. The fraction of sp³-hybridized carbons (Fsp3) is 0.814. The van der Waals surface area contributed by atoms with Gasteiger partial charge in [-0.1, -0.05) is 185 Å². The van der Waals surface area contributed by atoms with E-state index in [9.17, 15) is 14.7 Å². The van der Waals surface area contributed by atoms with E-state index in [1.54, 1.807) is 0 Å². The SMILES string of the molecule is CC/C=C\C/C=C\C/C=C\CCCCCCCC(=O)OC[C@H](CO)OC(=O)CCCCCCCCCCCCCCCCCCCCC. The summed E-state index contributed by atoms with van der Waals surface area (Å²) in [4.78, 5) is 24.3. The summed E-state index contributed by atoms with van der Waals surface area (Å²) in [6.07, 6.45) is 47.8. The van der Waals surface area contributed by atoms with Gasteiger partial charge in [0.25, 0.3) is 0 Å². The molecule has 0 amide bonds. The van der Waals surface area contributed by atoms with E-state index >= 15 is 0 Å². The van der Waals surface area contributed by atoms with Crippen molar-refractivity contribution in [1.82, 2.24) is 0 Å². The molecular weight excluding hydrogens is 596 g/mol. The van der Waals surface area contributed by atoms with Gasteiger partial charge in [-0.25, -0.2) is 0 Å². The largest absolute Gasteiger partial charge is 0.462 e.